The van der Waals surface area contributed by atoms with Crippen LogP contribution in [0.5, 0.6) is 0 Å². The number of aliphatic hydroxyl groups is 1. The number of β-amino-alcohol motifs (C(OH)–C–C–N with tert-alkyl or cyclic N) is 1. The minimum absolute atomic E-state index is 0.155. The third-order valence-corrected chi connectivity index (χ3v) is 2.27. The zero-order chi connectivity index (χ0) is 6.27. The molecule has 3 heteroatoms. The maximum absolute atomic E-state index is 9.27. The maximum atomic E-state index is 9.27. The van der Waals surface area contributed by atoms with Crippen LogP contribution in [0.3, 0.4) is 0 Å². The second-order valence-electron chi connectivity index (χ2n) is 2.85. The number of hydrogen-bond acceptors (Lipinski definition) is 3. The summed E-state index contributed by atoms with van der Waals surface area (Å²) >= 11 is 0. The number of fused-ring (bicyclic) bond motifs is 1. The number of nitrogens with one attached hydrogen (secondary N) is 2. The molecule has 0 aromatic carbocycles. The first-order valence-electron chi connectivity index (χ1n) is 3.53. The van der Waals surface area contributed by atoms with E-state index in [1.807, 2.05) is 0 Å². The molecule has 0 aromatic rings. The van der Waals surface area contributed by atoms with Crippen LogP contribution >= 0.6 is 0 Å². The predicted octanol–water partition coefficient (Wildman–Crippen LogP) is -1.32. The molecule has 3 N–H and O–H groups in total. The van der Waals surface area contributed by atoms with Crippen LogP contribution in [0.4, 0.5) is 0 Å². The molecule has 2 saturated heterocycles. The van der Waals surface area contributed by atoms with Gasteiger partial charge in [-0.25, -0.2) is 0 Å². The first kappa shape index (κ1) is 5.65. The predicted molar refractivity (Wildman–Crippen MR) is 34.2 cm³/mol. The highest BCUT2D eigenvalue weighted by Crippen LogP contribution is 2.15. The fourth-order valence-corrected chi connectivity index (χ4v) is 1.76. The molecule has 9 heavy (non-hydrogen) atoms. The standard InChI is InChI=1S/C6H12N2O/c9-5-3-8-4-1-2-7-6(4)5/h4-9H,1-3H2. The van der Waals surface area contributed by atoms with E-state index >= 15 is 0 Å². The maximum Gasteiger partial charge on any atom is 0.0832 e. The van der Waals surface area contributed by atoms with Gasteiger partial charge in [0, 0.05) is 18.6 Å². The van der Waals surface area contributed by atoms with Crippen molar-refractivity contribution < 1.29 is 5.11 Å². The summed E-state index contributed by atoms with van der Waals surface area (Å²) < 4.78 is 0. The fraction of sp³-hybridized carbons (Fsp3) is 1.00. The lowest BCUT2D eigenvalue weighted by molar-refractivity contribution is 0.166. The Bertz CT molecular complexity index is 118. The zero-order valence-corrected chi connectivity index (χ0v) is 5.30. The van der Waals surface area contributed by atoms with Crippen LogP contribution in [-0.4, -0.2) is 36.4 Å². The Hall–Kier alpha value is -0.120. The van der Waals surface area contributed by atoms with Crippen molar-refractivity contribution in [1.82, 2.24) is 10.6 Å². The lowest BCUT2D eigenvalue weighted by atomic mass is 10.1. The van der Waals surface area contributed by atoms with Gasteiger partial charge in [-0.3, -0.25) is 0 Å². The molecular weight excluding hydrogens is 116 g/mol. The van der Waals surface area contributed by atoms with Gasteiger partial charge in [-0.1, -0.05) is 0 Å². The third-order valence-electron chi connectivity index (χ3n) is 2.27. The Labute approximate surface area is 54.4 Å². The number of hydrogen-bond donors (Lipinski definition) is 3. The van der Waals surface area contributed by atoms with E-state index in [0.717, 1.165) is 13.1 Å². The second kappa shape index (κ2) is 1.94. The van der Waals surface area contributed by atoms with Crippen LogP contribution in [0.25, 0.3) is 0 Å². The Morgan fingerprint density at radius 2 is 2.22 bits per heavy atom. The van der Waals surface area contributed by atoms with E-state index in [1.54, 1.807) is 0 Å². The van der Waals surface area contributed by atoms with Gasteiger partial charge in [-0.2, -0.15) is 0 Å². The summed E-state index contributed by atoms with van der Waals surface area (Å²) in [4.78, 5) is 0. The molecule has 2 aliphatic heterocycles. The molecule has 2 rings (SSSR count). The van der Waals surface area contributed by atoms with E-state index in [2.05, 4.69) is 10.6 Å². The Balaban J connectivity index is 2.07. The molecule has 0 spiro atoms. The van der Waals surface area contributed by atoms with Crippen molar-refractivity contribution in [2.75, 3.05) is 13.1 Å². The lowest BCUT2D eigenvalue weighted by Crippen LogP contribution is -2.36. The largest absolute Gasteiger partial charge is 0.390 e. The molecule has 0 aliphatic carbocycles. The van der Waals surface area contributed by atoms with Crippen LogP contribution < -0.4 is 10.6 Å². The van der Waals surface area contributed by atoms with Crippen molar-refractivity contribution in [3.05, 3.63) is 0 Å². The van der Waals surface area contributed by atoms with Crippen molar-refractivity contribution >= 4 is 0 Å². The van der Waals surface area contributed by atoms with Gasteiger partial charge in [0.05, 0.1) is 6.10 Å². The average Bonchev–Trinajstić information content (AvgIpc) is 2.35. The normalized spacial score (nSPS) is 49.7. The molecule has 3 unspecified atom stereocenters. The first-order valence-corrected chi connectivity index (χ1v) is 3.53. The van der Waals surface area contributed by atoms with Gasteiger partial charge in [0.25, 0.3) is 0 Å². The molecule has 2 fully saturated rings. The van der Waals surface area contributed by atoms with Crippen molar-refractivity contribution in [1.29, 1.82) is 0 Å². The molecule has 2 heterocycles. The summed E-state index contributed by atoms with van der Waals surface area (Å²) in [6, 6.07) is 0.880. The van der Waals surface area contributed by atoms with Gasteiger partial charge in [-0.15, -0.1) is 0 Å². The van der Waals surface area contributed by atoms with Gasteiger partial charge in [0.1, 0.15) is 0 Å². The Morgan fingerprint density at radius 3 is 3.00 bits per heavy atom. The molecule has 52 valence electrons. The number of rotatable bonds is 0. The molecular formula is C6H12N2O. The highest BCUT2D eigenvalue weighted by Gasteiger charge is 2.37. The van der Waals surface area contributed by atoms with Gasteiger partial charge in [0.2, 0.25) is 0 Å². The molecule has 0 radical (unpaired) electrons. The zero-order valence-electron chi connectivity index (χ0n) is 5.30. The molecule has 0 saturated carbocycles. The topological polar surface area (TPSA) is 44.3 Å². The van der Waals surface area contributed by atoms with E-state index < -0.39 is 0 Å². The van der Waals surface area contributed by atoms with Crippen LogP contribution in [-0.2, 0) is 0 Å². The summed E-state index contributed by atoms with van der Waals surface area (Å²) in [7, 11) is 0. The molecule has 0 amide bonds. The Morgan fingerprint density at radius 1 is 1.33 bits per heavy atom. The van der Waals surface area contributed by atoms with E-state index in [-0.39, 0.29) is 6.10 Å². The van der Waals surface area contributed by atoms with Gasteiger partial charge < -0.3 is 15.7 Å². The van der Waals surface area contributed by atoms with Gasteiger partial charge in [-0.05, 0) is 13.0 Å². The quantitative estimate of drug-likeness (QED) is 0.379. The fourth-order valence-electron chi connectivity index (χ4n) is 1.76. The minimum atomic E-state index is -0.155. The average molecular weight is 128 g/mol. The highest BCUT2D eigenvalue weighted by molar-refractivity contribution is 5.00. The van der Waals surface area contributed by atoms with Gasteiger partial charge in [0.15, 0.2) is 0 Å². The molecule has 3 nitrogen and oxygen atoms in total. The van der Waals surface area contributed by atoms with Crippen LogP contribution in [0, 0.1) is 0 Å². The molecule has 3 atom stereocenters. The van der Waals surface area contributed by atoms with Crippen molar-refractivity contribution in [2.24, 2.45) is 0 Å². The summed E-state index contributed by atoms with van der Waals surface area (Å²) in [6.07, 6.45) is 1.01. The Kier molecular flexibility index (Phi) is 1.22. The van der Waals surface area contributed by atoms with Crippen molar-refractivity contribution in [3.63, 3.8) is 0 Å². The number of aliphatic hydroxyl groups excluding tert-OH is 1. The first-order chi connectivity index (χ1) is 4.38. The molecule has 2 aliphatic rings. The van der Waals surface area contributed by atoms with Crippen molar-refractivity contribution in [3.8, 4) is 0 Å². The van der Waals surface area contributed by atoms with Crippen molar-refractivity contribution in [2.45, 2.75) is 24.6 Å². The highest BCUT2D eigenvalue weighted by atomic mass is 16.3. The van der Waals surface area contributed by atoms with Crippen LogP contribution in [0.1, 0.15) is 6.42 Å². The monoisotopic (exact) mass is 128 g/mol. The van der Waals surface area contributed by atoms with Crippen LogP contribution in [0.15, 0.2) is 0 Å². The smallest absolute Gasteiger partial charge is 0.0832 e. The summed E-state index contributed by atoms with van der Waals surface area (Å²) in [5, 5.41) is 15.8. The van der Waals surface area contributed by atoms with E-state index in [0.29, 0.717) is 12.1 Å². The van der Waals surface area contributed by atoms with E-state index in [1.165, 1.54) is 6.42 Å². The molecule has 0 aromatic heterocycles. The summed E-state index contributed by atoms with van der Waals surface area (Å²) in [6.45, 7) is 1.82. The molecule has 0 bridgehead atoms. The minimum Gasteiger partial charge on any atom is -0.390 e. The van der Waals surface area contributed by atoms with Gasteiger partial charge >= 0.3 is 0 Å². The lowest BCUT2D eigenvalue weighted by Gasteiger charge is -2.10. The van der Waals surface area contributed by atoms with E-state index in [4.69, 9.17) is 0 Å². The SMILES string of the molecule is OC1CNC2CCNC12. The summed E-state index contributed by atoms with van der Waals surface area (Å²) in [5.74, 6) is 0. The van der Waals surface area contributed by atoms with E-state index in [9.17, 15) is 5.11 Å². The second-order valence-corrected chi connectivity index (χ2v) is 2.85. The van der Waals surface area contributed by atoms with Crippen LogP contribution in [0.2, 0.25) is 0 Å². The third kappa shape index (κ3) is 0.764. The summed E-state index contributed by atoms with van der Waals surface area (Å²) in [5.41, 5.74) is 0.